The summed E-state index contributed by atoms with van der Waals surface area (Å²) < 4.78 is 3.72. The van der Waals surface area contributed by atoms with Crippen LogP contribution in [0.5, 0.6) is 0 Å². The minimum atomic E-state index is -0.167. The molecule has 1 aromatic carbocycles. The van der Waals surface area contributed by atoms with Crippen molar-refractivity contribution in [3.63, 3.8) is 0 Å². The van der Waals surface area contributed by atoms with Crippen LogP contribution in [-0.2, 0) is 13.7 Å². The second-order valence-corrected chi connectivity index (χ2v) is 6.62. The number of imidazole rings is 1. The van der Waals surface area contributed by atoms with Crippen LogP contribution in [0.15, 0.2) is 40.5 Å². The molecular formula is C17H14N6OS. The number of para-hydroxylation sites is 2. The van der Waals surface area contributed by atoms with Gasteiger partial charge < -0.3 is 9.67 Å². The molecule has 8 heteroatoms. The van der Waals surface area contributed by atoms with Crippen molar-refractivity contribution >= 4 is 28.4 Å². The van der Waals surface area contributed by atoms with Gasteiger partial charge in [0.1, 0.15) is 12.7 Å². The first kappa shape index (κ1) is 15.6. The molecule has 0 saturated heterocycles. The van der Waals surface area contributed by atoms with E-state index in [4.69, 9.17) is 0 Å². The third-order valence-electron chi connectivity index (χ3n) is 4.11. The first-order chi connectivity index (χ1) is 12.1. The van der Waals surface area contributed by atoms with Gasteiger partial charge in [-0.15, -0.1) is 10.2 Å². The summed E-state index contributed by atoms with van der Waals surface area (Å²) in [7, 11) is 1.81. The van der Waals surface area contributed by atoms with E-state index < -0.39 is 0 Å². The SMILES string of the molecule is Cc1cc(Sc2nnc(CO)n2C)n2c(nc3ccccc32)c1C#N. The fraction of sp³-hybridized carbons (Fsp3) is 0.176. The maximum atomic E-state index is 9.54. The number of aryl methyl sites for hydroxylation is 1. The van der Waals surface area contributed by atoms with E-state index in [0.717, 1.165) is 21.6 Å². The fourth-order valence-electron chi connectivity index (χ4n) is 2.79. The normalized spacial score (nSPS) is 11.3. The first-order valence-corrected chi connectivity index (χ1v) is 8.43. The second kappa shape index (κ2) is 5.88. The molecule has 0 spiro atoms. The third-order valence-corrected chi connectivity index (χ3v) is 5.16. The topological polar surface area (TPSA) is 92.0 Å². The molecule has 0 aliphatic heterocycles. The van der Waals surface area contributed by atoms with Crippen molar-refractivity contribution in [2.75, 3.05) is 0 Å². The Hall–Kier alpha value is -2.89. The van der Waals surface area contributed by atoms with E-state index in [1.807, 2.05) is 48.7 Å². The number of benzene rings is 1. The highest BCUT2D eigenvalue weighted by Crippen LogP contribution is 2.32. The van der Waals surface area contributed by atoms with E-state index in [-0.39, 0.29) is 6.61 Å². The molecule has 0 aliphatic carbocycles. The van der Waals surface area contributed by atoms with Crippen LogP contribution in [0.1, 0.15) is 17.0 Å². The van der Waals surface area contributed by atoms with Crippen molar-refractivity contribution in [3.05, 3.63) is 47.3 Å². The van der Waals surface area contributed by atoms with Gasteiger partial charge in [0.15, 0.2) is 16.6 Å². The van der Waals surface area contributed by atoms with Crippen LogP contribution in [0.2, 0.25) is 0 Å². The highest BCUT2D eigenvalue weighted by atomic mass is 32.2. The third kappa shape index (κ3) is 2.36. The summed E-state index contributed by atoms with van der Waals surface area (Å²) >= 11 is 1.42. The van der Waals surface area contributed by atoms with Crippen LogP contribution in [0.4, 0.5) is 0 Å². The molecule has 0 amide bonds. The van der Waals surface area contributed by atoms with Gasteiger partial charge in [0.05, 0.1) is 21.6 Å². The van der Waals surface area contributed by atoms with Gasteiger partial charge in [-0.1, -0.05) is 12.1 Å². The number of hydrogen-bond acceptors (Lipinski definition) is 6. The van der Waals surface area contributed by atoms with E-state index in [2.05, 4.69) is 21.3 Å². The summed E-state index contributed by atoms with van der Waals surface area (Å²) in [5.74, 6) is 0.500. The Labute approximate surface area is 147 Å². The number of rotatable bonds is 3. The average molecular weight is 350 g/mol. The van der Waals surface area contributed by atoms with Gasteiger partial charge >= 0.3 is 0 Å². The molecule has 0 fully saturated rings. The lowest BCUT2D eigenvalue weighted by molar-refractivity contribution is 0.266. The number of aliphatic hydroxyl groups is 1. The Bertz CT molecular complexity index is 1150. The van der Waals surface area contributed by atoms with E-state index in [1.165, 1.54) is 11.8 Å². The quantitative estimate of drug-likeness (QED) is 0.610. The number of fused-ring (bicyclic) bond motifs is 3. The second-order valence-electron chi connectivity index (χ2n) is 5.63. The van der Waals surface area contributed by atoms with Crippen molar-refractivity contribution in [1.29, 1.82) is 5.26 Å². The van der Waals surface area contributed by atoms with Crippen molar-refractivity contribution in [2.24, 2.45) is 7.05 Å². The number of nitriles is 1. The predicted molar refractivity (Wildman–Crippen MR) is 93.2 cm³/mol. The molecule has 0 unspecified atom stereocenters. The lowest BCUT2D eigenvalue weighted by atomic mass is 10.2. The van der Waals surface area contributed by atoms with Crippen molar-refractivity contribution in [1.82, 2.24) is 24.1 Å². The van der Waals surface area contributed by atoms with E-state index in [1.54, 1.807) is 4.57 Å². The molecule has 1 N–H and O–H groups in total. The fourth-order valence-corrected chi connectivity index (χ4v) is 3.82. The number of pyridine rings is 1. The average Bonchev–Trinajstić information content (AvgIpc) is 3.16. The highest BCUT2D eigenvalue weighted by molar-refractivity contribution is 7.99. The van der Waals surface area contributed by atoms with Crippen molar-refractivity contribution < 1.29 is 5.11 Å². The molecule has 0 radical (unpaired) electrons. The van der Waals surface area contributed by atoms with Crippen LogP contribution in [0, 0.1) is 18.3 Å². The zero-order valence-corrected chi connectivity index (χ0v) is 14.4. The monoisotopic (exact) mass is 350 g/mol. The summed E-state index contributed by atoms with van der Waals surface area (Å²) in [6.07, 6.45) is 0. The smallest absolute Gasteiger partial charge is 0.197 e. The predicted octanol–water partition coefficient (Wildman–Crippen LogP) is 2.44. The number of hydrogen-bond donors (Lipinski definition) is 1. The van der Waals surface area contributed by atoms with Gasteiger partial charge in [-0.2, -0.15) is 5.26 Å². The molecule has 4 rings (SSSR count). The van der Waals surface area contributed by atoms with Crippen molar-refractivity contribution in [3.8, 4) is 6.07 Å². The molecule has 3 heterocycles. The summed E-state index contributed by atoms with van der Waals surface area (Å²) in [5, 5.41) is 28.5. The summed E-state index contributed by atoms with van der Waals surface area (Å²) in [6.45, 7) is 1.73. The summed E-state index contributed by atoms with van der Waals surface area (Å²) in [5.41, 5.74) is 3.82. The van der Waals surface area contributed by atoms with Gasteiger partial charge in [0, 0.05) is 7.05 Å². The molecule has 3 aromatic heterocycles. The molecular weight excluding hydrogens is 336 g/mol. The van der Waals surface area contributed by atoms with Crippen LogP contribution in [0.3, 0.4) is 0 Å². The van der Waals surface area contributed by atoms with E-state index in [9.17, 15) is 10.4 Å². The minimum absolute atomic E-state index is 0.167. The first-order valence-electron chi connectivity index (χ1n) is 7.62. The lowest BCUT2D eigenvalue weighted by Gasteiger charge is -2.09. The van der Waals surface area contributed by atoms with Crippen LogP contribution in [-0.4, -0.2) is 29.3 Å². The van der Waals surface area contributed by atoms with E-state index >= 15 is 0 Å². The summed E-state index contributed by atoms with van der Waals surface area (Å²) in [4.78, 5) is 4.64. The van der Waals surface area contributed by atoms with Crippen LogP contribution < -0.4 is 0 Å². The number of aromatic nitrogens is 5. The van der Waals surface area contributed by atoms with Gasteiger partial charge in [-0.3, -0.25) is 4.40 Å². The lowest BCUT2D eigenvalue weighted by Crippen LogP contribution is -2.00. The van der Waals surface area contributed by atoms with Gasteiger partial charge in [-0.05, 0) is 42.4 Å². The highest BCUT2D eigenvalue weighted by Gasteiger charge is 2.18. The van der Waals surface area contributed by atoms with E-state index in [0.29, 0.717) is 22.2 Å². The Morgan fingerprint density at radius 1 is 1.28 bits per heavy atom. The maximum absolute atomic E-state index is 9.54. The van der Waals surface area contributed by atoms with Gasteiger partial charge in [-0.25, -0.2) is 4.98 Å². The molecule has 7 nitrogen and oxygen atoms in total. The number of aliphatic hydroxyl groups excluding tert-OH is 1. The molecule has 0 atom stereocenters. The van der Waals surface area contributed by atoms with Crippen LogP contribution in [0.25, 0.3) is 16.7 Å². The Balaban J connectivity index is 2.00. The molecule has 4 aromatic rings. The largest absolute Gasteiger partial charge is 0.388 e. The van der Waals surface area contributed by atoms with Gasteiger partial charge in [0.25, 0.3) is 0 Å². The maximum Gasteiger partial charge on any atom is 0.197 e. The molecule has 124 valence electrons. The molecule has 0 bridgehead atoms. The zero-order valence-electron chi connectivity index (χ0n) is 13.6. The standard InChI is InChI=1S/C17H14N6OS/c1-10-7-15(25-17-21-20-14(9-24)22(17)2)23-13-6-4-3-5-12(13)19-16(23)11(10)8-18/h3-7,24H,9H2,1-2H3. The molecule has 0 aliphatic rings. The van der Waals surface area contributed by atoms with Crippen molar-refractivity contribution in [2.45, 2.75) is 23.7 Å². The Morgan fingerprint density at radius 3 is 2.80 bits per heavy atom. The number of nitrogens with zero attached hydrogens (tertiary/aromatic N) is 6. The zero-order chi connectivity index (χ0) is 17.6. The molecule has 25 heavy (non-hydrogen) atoms. The Morgan fingerprint density at radius 2 is 2.08 bits per heavy atom. The summed E-state index contributed by atoms with van der Waals surface area (Å²) in [6, 6.07) is 12.0. The molecule has 0 saturated carbocycles. The minimum Gasteiger partial charge on any atom is -0.388 e. The van der Waals surface area contributed by atoms with Crippen LogP contribution >= 0.6 is 11.8 Å². The van der Waals surface area contributed by atoms with Gasteiger partial charge in [0.2, 0.25) is 0 Å². The Kier molecular flexibility index (Phi) is 3.67.